The summed E-state index contributed by atoms with van der Waals surface area (Å²) < 4.78 is 10.8. The van der Waals surface area contributed by atoms with Gasteiger partial charge >= 0.3 is 6.09 Å². The highest BCUT2D eigenvalue weighted by molar-refractivity contribution is 5.84. The molecule has 0 aliphatic carbocycles. The number of rotatable bonds is 5. The quantitative estimate of drug-likeness (QED) is 0.618. The van der Waals surface area contributed by atoms with Crippen LogP contribution in [0.4, 0.5) is 10.5 Å². The molecule has 1 amide bonds. The fraction of sp³-hybridized carbons (Fsp3) is 0.333. The van der Waals surface area contributed by atoms with E-state index >= 15 is 0 Å². The molecule has 1 unspecified atom stereocenters. The van der Waals surface area contributed by atoms with Gasteiger partial charge < -0.3 is 20.0 Å². The first-order chi connectivity index (χ1) is 13.2. The molecule has 7 heteroatoms. The molecular formula is C21H25N3O4. The lowest BCUT2D eigenvalue weighted by molar-refractivity contribution is 0.0636. The summed E-state index contributed by atoms with van der Waals surface area (Å²) in [4.78, 5) is 16.1. The van der Waals surface area contributed by atoms with E-state index in [-0.39, 0.29) is 5.89 Å². The van der Waals surface area contributed by atoms with Crippen molar-refractivity contribution >= 4 is 22.9 Å². The van der Waals surface area contributed by atoms with Crippen molar-refractivity contribution < 1.29 is 19.1 Å². The van der Waals surface area contributed by atoms with E-state index in [1.54, 1.807) is 39.0 Å². The van der Waals surface area contributed by atoms with Gasteiger partial charge in [0, 0.05) is 11.7 Å². The fourth-order valence-corrected chi connectivity index (χ4v) is 2.73. The van der Waals surface area contributed by atoms with Gasteiger partial charge in [0.25, 0.3) is 0 Å². The second-order valence-corrected chi connectivity index (χ2v) is 7.66. The Morgan fingerprint density at radius 1 is 1.21 bits per heavy atom. The number of aliphatic hydroxyl groups is 1. The smallest absolute Gasteiger partial charge is 0.412 e. The van der Waals surface area contributed by atoms with Gasteiger partial charge in [0.2, 0.25) is 5.89 Å². The minimum absolute atomic E-state index is 0.205. The molecule has 7 nitrogen and oxygen atoms in total. The van der Waals surface area contributed by atoms with E-state index < -0.39 is 23.8 Å². The molecule has 0 saturated heterocycles. The SMILES string of the molecule is CC(C)(C)OC(=O)Nc1ccc(C[C@H](N)C(O)c2nc3ccccc3o2)cc1. The summed E-state index contributed by atoms with van der Waals surface area (Å²) in [7, 11) is 0. The monoisotopic (exact) mass is 383 g/mol. The normalized spacial score (nSPS) is 13.9. The van der Waals surface area contributed by atoms with E-state index in [0.717, 1.165) is 5.56 Å². The van der Waals surface area contributed by atoms with Gasteiger partial charge in [0.15, 0.2) is 5.58 Å². The fourth-order valence-electron chi connectivity index (χ4n) is 2.73. The van der Waals surface area contributed by atoms with Crippen LogP contribution >= 0.6 is 0 Å². The molecule has 2 atom stereocenters. The first-order valence-electron chi connectivity index (χ1n) is 9.09. The van der Waals surface area contributed by atoms with E-state index in [2.05, 4.69) is 10.3 Å². The molecule has 0 fully saturated rings. The maximum atomic E-state index is 11.8. The number of carbonyl (C=O) groups is 1. The highest BCUT2D eigenvalue weighted by Gasteiger charge is 2.23. The topological polar surface area (TPSA) is 111 Å². The van der Waals surface area contributed by atoms with E-state index in [9.17, 15) is 9.90 Å². The summed E-state index contributed by atoms with van der Waals surface area (Å²) in [5, 5.41) is 13.2. The predicted molar refractivity (Wildman–Crippen MR) is 107 cm³/mol. The summed E-state index contributed by atoms with van der Waals surface area (Å²) >= 11 is 0. The summed E-state index contributed by atoms with van der Waals surface area (Å²) in [5.41, 5.74) is 8.42. The van der Waals surface area contributed by atoms with Crippen molar-refractivity contribution in [2.75, 3.05) is 5.32 Å². The third kappa shape index (κ3) is 5.09. The predicted octanol–water partition coefficient (Wildman–Crippen LogP) is 3.78. The first-order valence-corrected chi connectivity index (χ1v) is 9.09. The number of carbonyl (C=O) groups excluding carboxylic acids is 1. The molecule has 0 bridgehead atoms. The number of anilines is 1. The number of fused-ring (bicyclic) bond motifs is 1. The zero-order valence-electron chi connectivity index (χ0n) is 16.2. The lowest BCUT2D eigenvalue weighted by Gasteiger charge is -2.20. The van der Waals surface area contributed by atoms with Crippen LogP contribution in [0.25, 0.3) is 11.1 Å². The third-order valence-corrected chi connectivity index (χ3v) is 4.04. The summed E-state index contributed by atoms with van der Waals surface area (Å²) in [6, 6.07) is 13.9. The molecule has 3 aromatic rings. The molecule has 3 rings (SSSR count). The number of amides is 1. The van der Waals surface area contributed by atoms with E-state index in [4.69, 9.17) is 14.9 Å². The van der Waals surface area contributed by atoms with Crippen LogP contribution in [0.3, 0.4) is 0 Å². The molecule has 148 valence electrons. The number of nitrogens with two attached hydrogens (primary N) is 1. The molecule has 2 aromatic carbocycles. The third-order valence-electron chi connectivity index (χ3n) is 4.04. The molecule has 0 saturated carbocycles. The van der Waals surface area contributed by atoms with E-state index in [0.29, 0.717) is 23.2 Å². The number of nitrogens with one attached hydrogen (secondary N) is 1. The minimum atomic E-state index is -1.02. The maximum Gasteiger partial charge on any atom is 0.412 e. The Morgan fingerprint density at radius 2 is 1.89 bits per heavy atom. The average molecular weight is 383 g/mol. The number of oxazole rings is 1. The standard InChI is InChI=1S/C21H25N3O4/c1-21(2,3)28-20(26)23-14-10-8-13(9-11-14)12-15(22)18(25)19-24-16-6-4-5-7-17(16)27-19/h4-11,15,18,25H,12,22H2,1-3H3,(H,23,26)/t15-,18?/m0/s1. The number of nitrogens with zero attached hydrogens (tertiary/aromatic N) is 1. The molecule has 0 aliphatic heterocycles. The number of aliphatic hydroxyl groups excluding tert-OH is 1. The zero-order chi connectivity index (χ0) is 20.3. The molecule has 4 N–H and O–H groups in total. The van der Waals surface area contributed by atoms with Crippen LogP contribution in [0.5, 0.6) is 0 Å². The van der Waals surface area contributed by atoms with Crippen molar-refractivity contribution in [3.63, 3.8) is 0 Å². The van der Waals surface area contributed by atoms with Gasteiger partial charge in [-0.25, -0.2) is 9.78 Å². The van der Waals surface area contributed by atoms with Gasteiger partial charge in [-0.2, -0.15) is 0 Å². The summed E-state index contributed by atoms with van der Waals surface area (Å²) in [5.74, 6) is 0.205. The van der Waals surface area contributed by atoms with Gasteiger partial charge in [-0.1, -0.05) is 24.3 Å². The van der Waals surface area contributed by atoms with Crippen molar-refractivity contribution in [1.82, 2.24) is 4.98 Å². The van der Waals surface area contributed by atoms with Crippen molar-refractivity contribution in [1.29, 1.82) is 0 Å². The molecular weight excluding hydrogens is 358 g/mol. The molecule has 0 spiro atoms. The van der Waals surface area contributed by atoms with E-state index in [1.807, 2.05) is 30.3 Å². The Morgan fingerprint density at radius 3 is 2.54 bits per heavy atom. The molecule has 0 aliphatic rings. The maximum absolute atomic E-state index is 11.8. The molecule has 0 radical (unpaired) electrons. The Bertz CT molecular complexity index is 911. The van der Waals surface area contributed by atoms with Crippen molar-refractivity contribution in [2.45, 2.75) is 44.9 Å². The van der Waals surface area contributed by atoms with Crippen LogP contribution < -0.4 is 11.1 Å². The Balaban J connectivity index is 1.60. The van der Waals surface area contributed by atoms with Crippen LogP contribution in [0.15, 0.2) is 52.9 Å². The number of para-hydroxylation sites is 2. The number of aromatic nitrogens is 1. The van der Waals surface area contributed by atoms with Crippen molar-refractivity contribution in [3.05, 3.63) is 60.0 Å². The molecule has 1 aromatic heterocycles. The van der Waals surface area contributed by atoms with Crippen molar-refractivity contribution in [3.8, 4) is 0 Å². The van der Waals surface area contributed by atoms with Gasteiger partial charge in [-0.3, -0.25) is 5.32 Å². The number of hydrogen-bond acceptors (Lipinski definition) is 6. The van der Waals surface area contributed by atoms with Crippen LogP contribution in [0, 0.1) is 0 Å². The highest BCUT2D eigenvalue weighted by Crippen LogP contribution is 2.23. The number of benzene rings is 2. The highest BCUT2D eigenvalue weighted by atomic mass is 16.6. The van der Waals surface area contributed by atoms with E-state index in [1.165, 1.54) is 0 Å². The molecule has 1 heterocycles. The first kappa shape index (κ1) is 19.9. The second-order valence-electron chi connectivity index (χ2n) is 7.66. The summed E-state index contributed by atoms with van der Waals surface area (Å²) in [6.07, 6.45) is -1.11. The average Bonchev–Trinajstić information content (AvgIpc) is 3.05. The zero-order valence-corrected chi connectivity index (χ0v) is 16.2. The number of ether oxygens (including phenoxy) is 1. The van der Waals surface area contributed by atoms with Gasteiger partial charge in [-0.15, -0.1) is 0 Å². The lowest BCUT2D eigenvalue weighted by atomic mass is 10.0. The second kappa shape index (κ2) is 8.00. The Hall–Kier alpha value is -2.90. The van der Waals surface area contributed by atoms with Crippen LogP contribution in [0.1, 0.15) is 38.3 Å². The Labute approximate surface area is 163 Å². The van der Waals surface area contributed by atoms with Crippen molar-refractivity contribution in [2.24, 2.45) is 5.73 Å². The molecule has 28 heavy (non-hydrogen) atoms. The lowest BCUT2D eigenvalue weighted by Crippen LogP contribution is -2.30. The Kier molecular flexibility index (Phi) is 5.67. The van der Waals surface area contributed by atoms with Gasteiger partial charge in [0.05, 0.1) is 0 Å². The van der Waals surface area contributed by atoms with Crippen LogP contribution in [0.2, 0.25) is 0 Å². The largest absolute Gasteiger partial charge is 0.444 e. The van der Waals surface area contributed by atoms with Crippen LogP contribution in [-0.2, 0) is 11.2 Å². The minimum Gasteiger partial charge on any atom is -0.444 e. The van der Waals surface area contributed by atoms with Gasteiger partial charge in [-0.05, 0) is 57.0 Å². The van der Waals surface area contributed by atoms with Crippen LogP contribution in [-0.4, -0.2) is 27.8 Å². The van der Waals surface area contributed by atoms with Gasteiger partial charge in [0.1, 0.15) is 17.2 Å². The summed E-state index contributed by atoms with van der Waals surface area (Å²) in [6.45, 7) is 5.41. The number of hydrogen-bond donors (Lipinski definition) is 3.